The van der Waals surface area contributed by atoms with E-state index in [1.54, 1.807) is 7.11 Å². The minimum atomic E-state index is -0.204. The van der Waals surface area contributed by atoms with E-state index < -0.39 is 0 Å². The van der Waals surface area contributed by atoms with Gasteiger partial charge in [-0.1, -0.05) is 11.6 Å². The molecular weight excluding hydrogens is 413 g/mol. The quantitative estimate of drug-likeness (QED) is 0.614. The number of methoxy groups -OCH3 is 1. The molecule has 0 radical (unpaired) electrons. The SMILES string of the molecule is COC(CN)CC(=O)NC1CCN(CCOc2ccc(Cl)cc2)CC1.Cl.Cl. The van der Waals surface area contributed by atoms with Gasteiger partial charge in [0.05, 0.1) is 12.5 Å². The van der Waals surface area contributed by atoms with Crippen LogP contribution in [0, 0.1) is 0 Å². The van der Waals surface area contributed by atoms with Crippen molar-refractivity contribution in [1.29, 1.82) is 0 Å². The fraction of sp³-hybridized carbons (Fsp3) is 0.611. The van der Waals surface area contributed by atoms with Crippen LogP contribution in [0.15, 0.2) is 24.3 Å². The average molecular weight is 443 g/mol. The number of rotatable bonds is 9. The van der Waals surface area contributed by atoms with E-state index in [-0.39, 0.29) is 42.9 Å². The first-order chi connectivity index (χ1) is 12.1. The summed E-state index contributed by atoms with van der Waals surface area (Å²) in [4.78, 5) is 14.3. The highest BCUT2D eigenvalue weighted by Gasteiger charge is 2.21. The molecule has 0 saturated carbocycles. The van der Waals surface area contributed by atoms with E-state index in [1.807, 2.05) is 24.3 Å². The highest BCUT2D eigenvalue weighted by molar-refractivity contribution is 6.30. The van der Waals surface area contributed by atoms with Gasteiger partial charge in [-0.05, 0) is 37.1 Å². The Kier molecular flexibility index (Phi) is 13.9. The molecule has 0 aliphatic carbocycles. The lowest BCUT2D eigenvalue weighted by molar-refractivity contribution is -0.124. The topological polar surface area (TPSA) is 76.8 Å². The number of amides is 1. The first-order valence-corrected chi connectivity index (χ1v) is 9.11. The molecule has 1 aliphatic heterocycles. The molecule has 156 valence electrons. The highest BCUT2D eigenvalue weighted by Crippen LogP contribution is 2.16. The van der Waals surface area contributed by atoms with Gasteiger partial charge in [-0.25, -0.2) is 0 Å². The van der Waals surface area contributed by atoms with Gasteiger partial charge in [0.25, 0.3) is 0 Å². The number of piperidine rings is 1. The van der Waals surface area contributed by atoms with Crippen molar-refractivity contribution >= 4 is 42.3 Å². The van der Waals surface area contributed by atoms with Crippen LogP contribution in [0.4, 0.5) is 0 Å². The molecule has 1 fully saturated rings. The number of nitrogens with one attached hydrogen (secondary N) is 1. The van der Waals surface area contributed by atoms with Gasteiger partial charge in [0.15, 0.2) is 0 Å². The molecule has 0 spiro atoms. The largest absolute Gasteiger partial charge is 0.492 e. The van der Waals surface area contributed by atoms with Crippen LogP contribution in [0.3, 0.4) is 0 Å². The van der Waals surface area contributed by atoms with Gasteiger partial charge >= 0.3 is 0 Å². The van der Waals surface area contributed by atoms with Gasteiger partial charge in [0.1, 0.15) is 12.4 Å². The summed E-state index contributed by atoms with van der Waals surface area (Å²) in [6, 6.07) is 7.63. The van der Waals surface area contributed by atoms with Crippen molar-refractivity contribution in [1.82, 2.24) is 10.2 Å². The van der Waals surface area contributed by atoms with E-state index in [0.717, 1.165) is 38.2 Å². The Bertz CT molecular complexity index is 522. The summed E-state index contributed by atoms with van der Waals surface area (Å²) >= 11 is 5.85. The second-order valence-electron chi connectivity index (χ2n) is 6.28. The zero-order valence-corrected chi connectivity index (χ0v) is 18.0. The summed E-state index contributed by atoms with van der Waals surface area (Å²) < 4.78 is 10.9. The van der Waals surface area contributed by atoms with E-state index in [2.05, 4.69) is 10.2 Å². The molecule has 1 aromatic carbocycles. The normalized spacial score (nSPS) is 16.0. The Morgan fingerprint density at radius 2 is 1.93 bits per heavy atom. The van der Waals surface area contributed by atoms with Crippen molar-refractivity contribution in [2.75, 3.05) is 39.9 Å². The molecule has 1 unspecified atom stereocenters. The van der Waals surface area contributed by atoms with E-state index in [1.165, 1.54) is 0 Å². The summed E-state index contributed by atoms with van der Waals surface area (Å²) in [5.41, 5.74) is 5.55. The smallest absolute Gasteiger partial charge is 0.222 e. The van der Waals surface area contributed by atoms with Crippen LogP contribution >= 0.6 is 36.4 Å². The molecule has 2 rings (SSSR count). The van der Waals surface area contributed by atoms with Gasteiger partial charge in [-0.3, -0.25) is 9.69 Å². The number of likely N-dealkylation sites (tertiary alicyclic amines) is 1. The maximum Gasteiger partial charge on any atom is 0.222 e. The van der Waals surface area contributed by atoms with E-state index in [9.17, 15) is 4.79 Å². The molecule has 1 aliphatic rings. The Hall–Kier alpha value is -0.760. The Morgan fingerprint density at radius 1 is 1.30 bits per heavy atom. The predicted octanol–water partition coefficient (Wildman–Crippen LogP) is 2.51. The lowest BCUT2D eigenvalue weighted by atomic mass is 10.0. The number of halogens is 3. The fourth-order valence-electron chi connectivity index (χ4n) is 2.88. The predicted molar refractivity (Wildman–Crippen MR) is 114 cm³/mol. The number of ether oxygens (including phenoxy) is 2. The van der Waals surface area contributed by atoms with E-state index in [0.29, 0.717) is 24.6 Å². The molecule has 1 heterocycles. The van der Waals surface area contributed by atoms with Crippen LogP contribution in [0.1, 0.15) is 19.3 Å². The summed E-state index contributed by atoms with van der Waals surface area (Å²) in [6.45, 7) is 3.79. The van der Waals surface area contributed by atoms with Crippen LogP contribution < -0.4 is 15.8 Å². The number of hydrogen-bond acceptors (Lipinski definition) is 5. The number of nitrogens with zero attached hydrogens (tertiary/aromatic N) is 1. The molecule has 27 heavy (non-hydrogen) atoms. The zero-order valence-electron chi connectivity index (χ0n) is 15.6. The molecule has 6 nitrogen and oxygen atoms in total. The van der Waals surface area contributed by atoms with Crippen LogP contribution in [-0.2, 0) is 9.53 Å². The Labute approximate surface area is 178 Å². The van der Waals surface area contributed by atoms with Crippen LogP contribution in [0.5, 0.6) is 5.75 Å². The Balaban J connectivity index is 0.00000338. The molecule has 9 heteroatoms. The molecule has 1 aromatic rings. The monoisotopic (exact) mass is 441 g/mol. The molecule has 3 N–H and O–H groups in total. The number of carbonyl (C=O) groups excluding carboxylic acids is 1. The molecule has 1 amide bonds. The third-order valence-electron chi connectivity index (χ3n) is 4.45. The molecule has 0 aromatic heterocycles. The minimum Gasteiger partial charge on any atom is -0.492 e. The number of carbonyl (C=O) groups is 1. The van der Waals surface area contributed by atoms with Crippen LogP contribution in [0.2, 0.25) is 5.02 Å². The summed E-state index contributed by atoms with van der Waals surface area (Å²) in [6.07, 6.45) is 2.02. The zero-order chi connectivity index (χ0) is 18.1. The first-order valence-electron chi connectivity index (χ1n) is 8.73. The van der Waals surface area contributed by atoms with Crippen molar-refractivity contribution < 1.29 is 14.3 Å². The lowest BCUT2D eigenvalue weighted by Crippen LogP contribution is -2.46. The van der Waals surface area contributed by atoms with Crippen LogP contribution in [0.25, 0.3) is 0 Å². The standard InChI is InChI=1S/C18H28ClN3O3.2ClH/c1-24-17(13-20)12-18(23)21-15-6-8-22(9-7-15)10-11-25-16-4-2-14(19)3-5-16;;/h2-5,15,17H,6-13,20H2,1H3,(H,21,23);2*1H. The van der Waals surface area contributed by atoms with Gasteiger partial charge in [-0.2, -0.15) is 0 Å². The van der Waals surface area contributed by atoms with Gasteiger partial charge < -0.3 is 20.5 Å². The van der Waals surface area contributed by atoms with Crippen molar-refractivity contribution in [2.45, 2.75) is 31.4 Å². The Morgan fingerprint density at radius 3 is 2.48 bits per heavy atom. The molecule has 0 bridgehead atoms. The lowest BCUT2D eigenvalue weighted by Gasteiger charge is -2.32. The summed E-state index contributed by atoms with van der Waals surface area (Å²) in [7, 11) is 1.58. The number of benzene rings is 1. The maximum absolute atomic E-state index is 12.0. The van der Waals surface area contributed by atoms with Crippen molar-refractivity contribution in [3.63, 3.8) is 0 Å². The third kappa shape index (κ3) is 9.83. The van der Waals surface area contributed by atoms with Gasteiger partial charge in [0, 0.05) is 44.4 Å². The van der Waals surface area contributed by atoms with Crippen molar-refractivity contribution in [3.8, 4) is 5.75 Å². The van der Waals surface area contributed by atoms with Gasteiger partial charge in [0.2, 0.25) is 5.91 Å². The summed E-state index contributed by atoms with van der Waals surface area (Å²) in [5, 5.41) is 3.79. The average Bonchev–Trinajstić information content (AvgIpc) is 2.63. The molecule has 1 atom stereocenters. The third-order valence-corrected chi connectivity index (χ3v) is 4.70. The van der Waals surface area contributed by atoms with Crippen LogP contribution in [-0.4, -0.2) is 62.8 Å². The first kappa shape index (κ1) is 26.2. The second kappa shape index (κ2) is 14.3. The number of hydrogen-bond donors (Lipinski definition) is 2. The van der Waals surface area contributed by atoms with E-state index >= 15 is 0 Å². The highest BCUT2D eigenvalue weighted by atomic mass is 35.5. The number of nitrogens with two attached hydrogens (primary N) is 1. The van der Waals surface area contributed by atoms with Crippen molar-refractivity contribution in [2.24, 2.45) is 5.73 Å². The fourth-order valence-corrected chi connectivity index (χ4v) is 3.01. The van der Waals surface area contributed by atoms with Crippen molar-refractivity contribution in [3.05, 3.63) is 29.3 Å². The second-order valence-corrected chi connectivity index (χ2v) is 6.72. The van der Waals surface area contributed by atoms with E-state index in [4.69, 9.17) is 26.8 Å². The summed E-state index contributed by atoms with van der Waals surface area (Å²) in [5.74, 6) is 0.848. The minimum absolute atomic E-state index is 0. The molecular formula is C18H30Cl3N3O3. The molecule has 1 saturated heterocycles. The maximum atomic E-state index is 12.0. The van der Waals surface area contributed by atoms with Gasteiger partial charge in [-0.15, -0.1) is 24.8 Å².